The Kier molecular flexibility index (Phi) is 4.28. The third-order valence-electron chi connectivity index (χ3n) is 2.32. The normalized spacial score (nSPS) is 12.0. The predicted molar refractivity (Wildman–Crippen MR) is 63.6 cm³/mol. The Morgan fingerprint density at radius 1 is 1.35 bits per heavy atom. The highest BCUT2D eigenvalue weighted by molar-refractivity contribution is 5.54. The number of hydrogen-bond acceptors (Lipinski definition) is 5. The van der Waals surface area contributed by atoms with Crippen molar-refractivity contribution in [3.63, 3.8) is 0 Å². The number of nitro benzene ring substituents is 1. The number of hydrogen-bond donors (Lipinski definition) is 1. The molecular weight excluding hydrogens is 224 g/mol. The molecule has 17 heavy (non-hydrogen) atoms. The van der Waals surface area contributed by atoms with Gasteiger partial charge in [-0.15, -0.1) is 0 Å². The summed E-state index contributed by atoms with van der Waals surface area (Å²) in [5, 5.41) is 10.9. The third-order valence-corrected chi connectivity index (χ3v) is 2.32. The van der Waals surface area contributed by atoms with E-state index >= 15 is 0 Å². The molecule has 1 aromatic rings. The van der Waals surface area contributed by atoms with E-state index in [9.17, 15) is 10.1 Å². The number of nitrogens with two attached hydrogens (primary N) is 1. The van der Waals surface area contributed by atoms with Gasteiger partial charge < -0.3 is 15.2 Å². The second-order valence-electron chi connectivity index (χ2n) is 3.77. The Bertz CT molecular complexity index is 418. The van der Waals surface area contributed by atoms with Crippen molar-refractivity contribution in [2.75, 3.05) is 14.2 Å². The van der Waals surface area contributed by atoms with Crippen LogP contribution in [0.25, 0.3) is 0 Å². The van der Waals surface area contributed by atoms with E-state index in [1.165, 1.54) is 20.3 Å². The second kappa shape index (κ2) is 5.49. The lowest BCUT2D eigenvalue weighted by atomic mass is 10.0. The lowest BCUT2D eigenvalue weighted by Crippen LogP contribution is -2.18. The van der Waals surface area contributed by atoms with E-state index in [0.717, 1.165) is 0 Å². The zero-order valence-corrected chi connectivity index (χ0v) is 10.1. The van der Waals surface area contributed by atoms with Crippen LogP contribution in [0.2, 0.25) is 0 Å². The van der Waals surface area contributed by atoms with E-state index in [-0.39, 0.29) is 11.7 Å². The van der Waals surface area contributed by atoms with Crippen LogP contribution in [0.1, 0.15) is 12.5 Å². The van der Waals surface area contributed by atoms with Crippen LogP contribution < -0.4 is 15.2 Å². The molecule has 0 amide bonds. The Morgan fingerprint density at radius 3 is 2.29 bits per heavy atom. The van der Waals surface area contributed by atoms with Crippen molar-refractivity contribution in [3.8, 4) is 11.5 Å². The fraction of sp³-hybridized carbons (Fsp3) is 0.455. The maximum Gasteiger partial charge on any atom is 0.276 e. The first-order chi connectivity index (χ1) is 7.99. The van der Waals surface area contributed by atoms with Gasteiger partial charge in [-0.2, -0.15) is 0 Å². The Balaban J connectivity index is 3.29. The SMILES string of the molecule is COc1cc(C[C@H](C)N)c([N+](=O)[O-])cc1OC. The van der Waals surface area contributed by atoms with Crippen molar-refractivity contribution in [2.45, 2.75) is 19.4 Å². The van der Waals surface area contributed by atoms with Crippen molar-refractivity contribution >= 4 is 5.69 Å². The van der Waals surface area contributed by atoms with Gasteiger partial charge in [-0.1, -0.05) is 0 Å². The molecule has 0 aromatic heterocycles. The quantitative estimate of drug-likeness (QED) is 0.622. The fourth-order valence-corrected chi connectivity index (χ4v) is 1.59. The number of rotatable bonds is 5. The van der Waals surface area contributed by atoms with Gasteiger partial charge in [0.25, 0.3) is 5.69 Å². The van der Waals surface area contributed by atoms with Gasteiger partial charge in [-0.05, 0) is 19.4 Å². The number of nitro groups is 1. The summed E-state index contributed by atoms with van der Waals surface area (Å²) in [4.78, 5) is 10.5. The van der Waals surface area contributed by atoms with Gasteiger partial charge >= 0.3 is 0 Å². The maximum atomic E-state index is 10.9. The van der Waals surface area contributed by atoms with Gasteiger partial charge in [-0.25, -0.2) is 0 Å². The van der Waals surface area contributed by atoms with Crippen LogP contribution >= 0.6 is 0 Å². The molecule has 0 saturated carbocycles. The van der Waals surface area contributed by atoms with Crippen LogP contribution in [0.15, 0.2) is 12.1 Å². The average Bonchev–Trinajstić information content (AvgIpc) is 2.27. The summed E-state index contributed by atoms with van der Waals surface area (Å²) in [5.41, 5.74) is 6.20. The van der Waals surface area contributed by atoms with Crippen LogP contribution in [0.3, 0.4) is 0 Å². The van der Waals surface area contributed by atoms with E-state index in [1.54, 1.807) is 13.0 Å². The Morgan fingerprint density at radius 2 is 1.88 bits per heavy atom. The third kappa shape index (κ3) is 3.07. The Labute approximate surface area is 99.5 Å². The molecule has 0 bridgehead atoms. The van der Waals surface area contributed by atoms with Gasteiger partial charge in [0.2, 0.25) is 0 Å². The molecular formula is C11H16N2O4. The van der Waals surface area contributed by atoms with Crippen LogP contribution in [0, 0.1) is 10.1 Å². The van der Waals surface area contributed by atoms with Gasteiger partial charge in [0.05, 0.1) is 25.2 Å². The summed E-state index contributed by atoms with van der Waals surface area (Å²) in [6.07, 6.45) is 0.413. The molecule has 0 radical (unpaired) electrons. The van der Waals surface area contributed by atoms with Crippen LogP contribution in [0.4, 0.5) is 5.69 Å². The minimum absolute atomic E-state index is 0.0000463. The highest BCUT2D eigenvalue weighted by Gasteiger charge is 2.19. The molecule has 0 aliphatic rings. The number of ether oxygens (including phenoxy) is 2. The van der Waals surface area contributed by atoms with Crippen molar-refractivity contribution in [3.05, 3.63) is 27.8 Å². The highest BCUT2D eigenvalue weighted by atomic mass is 16.6. The summed E-state index contributed by atoms with van der Waals surface area (Å²) >= 11 is 0. The molecule has 6 heteroatoms. The fourth-order valence-electron chi connectivity index (χ4n) is 1.59. The molecule has 0 heterocycles. The molecule has 2 N–H and O–H groups in total. The number of methoxy groups -OCH3 is 2. The van der Waals surface area contributed by atoms with Crippen LogP contribution in [-0.4, -0.2) is 25.2 Å². The zero-order chi connectivity index (χ0) is 13.0. The topological polar surface area (TPSA) is 87.6 Å². The first kappa shape index (κ1) is 13.2. The number of benzene rings is 1. The van der Waals surface area contributed by atoms with E-state index in [0.29, 0.717) is 23.5 Å². The molecule has 1 atom stereocenters. The summed E-state index contributed by atoms with van der Waals surface area (Å²) in [7, 11) is 2.92. The minimum atomic E-state index is -0.445. The summed E-state index contributed by atoms with van der Waals surface area (Å²) in [6.45, 7) is 1.79. The monoisotopic (exact) mass is 240 g/mol. The summed E-state index contributed by atoms with van der Waals surface area (Å²) < 4.78 is 10.1. The van der Waals surface area contributed by atoms with Crippen LogP contribution in [-0.2, 0) is 6.42 Å². The van der Waals surface area contributed by atoms with Crippen molar-refractivity contribution < 1.29 is 14.4 Å². The van der Waals surface area contributed by atoms with Gasteiger partial charge in [0.1, 0.15) is 0 Å². The zero-order valence-electron chi connectivity index (χ0n) is 10.1. The lowest BCUT2D eigenvalue weighted by molar-refractivity contribution is -0.385. The van der Waals surface area contributed by atoms with E-state index < -0.39 is 4.92 Å². The summed E-state index contributed by atoms with van der Waals surface area (Å²) in [6, 6.07) is 2.79. The van der Waals surface area contributed by atoms with Gasteiger partial charge in [0, 0.05) is 11.6 Å². The van der Waals surface area contributed by atoms with Crippen molar-refractivity contribution in [1.82, 2.24) is 0 Å². The molecule has 0 aliphatic carbocycles. The highest BCUT2D eigenvalue weighted by Crippen LogP contribution is 2.34. The van der Waals surface area contributed by atoms with Crippen LogP contribution in [0.5, 0.6) is 11.5 Å². The smallest absolute Gasteiger partial charge is 0.276 e. The molecule has 94 valence electrons. The van der Waals surface area contributed by atoms with Crippen molar-refractivity contribution in [1.29, 1.82) is 0 Å². The lowest BCUT2D eigenvalue weighted by Gasteiger charge is -2.11. The molecule has 0 fully saturated rings. The summed E-state index contributed by atoms with van der Waals surface area (Å²) in [5.74, 6) is 0.807. The van der Waals surface area contributed by atoms with Gasteiger partial charge in [-0.3, -0.25) is 10.1 Å². The van der Waals surface area contributed by atoms with Gasteiger partial charge in [0.15, 0.2) is 11.5 Å². The molecule has 0 spiro atoms. The molecule has 6 nitrogen and oxygen atoms in total. The Hall–Kier alpha value is -1.82. The molecule has 1 aromatic carbocycles. The first-order valence-electron chi connectivity index (χ1n) is 5.14. The van der Waals surface area contributed by atoms with Crippen molar-refractivity contribution in [2.24, 2.45) is 5.73 Å². The minimum Gasteiger partial charge on any atom is -0.493 e. The standard InChI is InChI=1S/C11H16N2O4/c1-7(12)4-8-5-10(16-2)11(17-3)6-9(8)13(14)15/h5-7H,4,12H2,1-3H3/t7-/m0/s1. The van der Waals surface area contributed by atoms with E-state index in [4.69, 9.17) is 15.2 Å². The molecule has 0 saturated heterocycles. The largest absolute Gasteiger partial charge is 0.493 e. The maximum absolute atomic E-state index is 10.9. The second-order valence-corrected chi connectivity index (χ2v) is 3.77. The predicted octanol–water partition coefficient (Wildman–Crippen LogP) is 1.50. The molecule has 0 aliphatic heterocycles. The van der Waals surface area contributed by atoms with E-state index in [1.807, 2.05) is 0 Å². The van der Waals surface area contributed by atoms with E-state index in [2.05, 4.69) is 0 Å². The molecule has 0 unspecified atom stereocenters. The average molecular weight is 240 g/mol. The first-order valence-corrected chi connectivity index (χ1v) is 5.14. The number of nitrogens with zero attached hydrogens (tertiary/aromatic N) is 1. The molecule has 1 rings (SSSR count).